The number of carbonyl (C=O) groups is 1. The van der Waals surface area contributed by atoms with E-state index >= 15 is 0 Å². The predicted octanol–water partition coefficient (Wildman–Crippen LogP) is 4.63. The summed E-state index contributed by atoms with van der Waals surface area (Å²) in [5.74, 6) is -0.0806. The third kappa shape index (κ3) is 3.99. The molecule has 1 aromatic heterocycles. The van der Waals surface area contributed by atoms with Gasteiger partial charge in [0.25, 0.3) is 5.91 Å². The maximum absolute atomic E-state index is 12.5. The summed E-state index contributed by atoms with van der Waals surface area (Å²) in [4.78, 5) is 13.5. The summed E-state index contributed by atoms with van der Waals surface area (Å²) >= 11 is 7.42. The molecule has 0 aliphatic heterocycles. The lowest BCUT2D eigenvalue weighted by atomic mass is 10.1. The van der Waals surface area contributed by atoms with Crippen LogP contribution in [0.4, 0.5) is 5.69 Å². The fraction of sp³-hybridized carbons (Fsp3) is 0.312. The van der Waals surface area contributed by atoms with Crippen molar-refractivity contribution in [3.05, 3.63) is 50.7 Å². The van der Waals surface area contributed by atoms with E-state index in [9.17, 15) is 4.79 Å². The Kier molecular flexibility index (Phi) is 5.26. The summed E-state index contributed by atoms with van der Waals surface area (Å²) in [5.41, 5.74) is 2.66. The second-order valence-electron chi connectivity index (χ2n) is 4.92. The van der Waals surface area contributed by atoms with Crippen LogP contribution in [-0.2, 0) is 0 Å². The molecule has 0 aliphatic carbocycles. The molecule has 2 aromatic rings. The third-order valence-corrected chi connectivity index (χ3v) is 4.57. The van der Waals surface area contributed by atoms with Crippen LogP contribution in [0, 0.1) is 6.92 Å². The summed E-state index contributed by atoms with van der Waals surface area (Å²) in [6.07, 6.45) is 0. The van der Waals surface area contributed by atoms with Gasteiger partial charge in [-0.25, -0.2) is 0 Å². The average Bonchev–Trinajstić information content (AvgIpc) is 2.86. The van der Waals surface area contributed by atoms with E-state index in [-0.39, 0.29) is 11.9 Å². The molecule has 0 aliphatic rings. The van der Waals surface area contributed by atoms with Gasteiger partial charge in [0.05, 0.1) is 15.9 Å². The summed E-state index contributed by atoms with van der Waals surface area (Å²) < 4.78 is 0.731. The maximum atomic E-state index is 12.5. The Morgan fingerprint density at radius 2 is 2.10 bits per heavy atom. The topological polar surface area (TPSA) is 41.1 Å². The Hall–Kier alpha value is -1.52. The molecule has 1 aromatic carbocycles. The van der Waals surface area contributed by atoms with Gasteiger partial charge in [-0.05, 0) is 50.6 Å². The van der Waals surface area contributed by atoms with E-state index in [2.05, 4.69) is 10.6 Å². The van der Waals surface area contributed by atoms with E-state index in [1.54, 1.807) is 0 Å². The Bertz CT molecular complexity index is 639. The molecule has 0 fully saturated rings. The summed E-state index contributed by atoms with van der Waals surface area (Å²) in [6, 6.07) is 9.52. The standard InChI is InChI=1S/C16H19ClN2OS/c1-4-18-13-9-10(2)5-6-12(13)16(20)19-11(3)14-7-8-15(17)21-14/h5-9,11,18H,4H2,1-3H3,(H,19,20). The van der Waals surface area contributed by atoms with Crippen molar-refractivity contribution in [2.75, 3.05) is 11.9 Å². The zero-order valence-electron chi connectivity index (χ0n) is 12.4. The van der Waals surface area contributed by atoms with Gasteiger partial charge in [-0.2, -0.15) is 0 Å². The van der Waals surface area contributed by atoms with Crippen molar-refractivity contribution in [3.8, 4) is 0 Å². The van der Waals surface area contributed by atoms with Crippen LogP contribution in [0.1, 0.15) is 40.7 Å². The van der Waals surface area contributed by atoms with Crippen LogP contribution in [0.5, 0.6) is 0 Å². The number of halogens is 1. The van der Waals surface area contributed by atoms with Crippen molar-refractivity contribution in [3.63, 3.8) is 0 Å². The van der Waals surface area contributed by atoms with Crippen LogP contribution in [0.2, 0.25) is 4.34 Å². The molecule has 0 radical (unpaired) electrons. The molecule has 1 atom stereocenters. The molecule has 0 spiro atoms. The van der Waals surface area contributed by atoms with Gasteiger partial charge in [0.2, 0.25) is 0 Å². The van der Waals surface area contributed by atoms with Gasteiger partial charge in [-0.3, -0.25) is 4.79 Å². The molecular formula is C16H19ClN2OS. The van der Waals surface area contributed by atoms with Crippen LogP contribution in [-0.4, -0.2) is 12.5 Å². The molecule has 2 rings (SSSR count). The monoisotopic (exact) mass is 322 g/mol. The van der Waals surface area contributed by atoms with Crippen molar-refractivity contribution in [1.82, 2.24) is 5.32 Å². The fourth-order valence-electron chi connectivity index (χ4n) is 2.10. The van der Waals surface area contributed by atoms with E-state index < -0.39 is 0 Å². The van der Waals surface area contributed by atoms with Crippen molar-refractivity contribution in [2.45, 2.75) is 26.8 Å². The van der Waals surface area contributed by atoms with Crippen molar-refractivity contribution >= 4 is 34.5 Å². The maximum Gasteiger partial charge on any atom is 0.253 e. The van der Waals surface area contributed by atoms with E-state index in [0.29, 0.717) is 5.56 Å². The first-order valence-corrected chi connectivity index (χ1v) is 8.11. The number of anilines is 1. The van der Waals surface area contributed by atoms with Gasteiger partial charge in [0.15, 0.2) is 0 Å². The van der Waals surface area contributed by atoms with E-state index in [1.165, 1.54) is 11.3 Å². The minimum absolute atomic E-state index is 0.0641. The highest BCUT2D eigenvalue weighted by atomic mass is 35.5. The normalized spacial score (nSPS) is 12.0. The summed E-state index contributed by atoms with van der Waals surface area (Å²) in [5, 5.41) is 6.25. The van der Waals surface area contributed by atoms with Crippen molar-refractivity contribution in [1.29, 1.82) is 0 Å². The highest BCUT2D eigenvalue weighted by Crippen LogP contribution is 2.27. The SMILES string of the molecule is CCNc1cc(C)ccc1C(=O)NC(C)c1ccc(Cl)s1. The number of thiophene rings is 1. The summed E-state index contributed by atoms with van der Waals surface area (Å²) in [6.45, 7) is 6.76. The number of nitrogens with one attached hydrogen (secondary N) is 2. The van der Waals surface area contributed by atoms with Crippen LogP contribution in [0.25, 0.3) is 0 Å². The largest absolute Gasteiger partial charge is 0.385 e. The highest BCUT2D eigenvalue weighted by Gasteiger charge is 2.16. The molecule has 0 bridgehead atoms. The lowest BCUT2D eigenvalue weighted by Crippen LogP contribution is -2.27. The fourth-order valence-corrected chi connectivity index (χ4v) is 3.16. The molecular weight excluding hydrogens is 304 g/mol. The molecule has 3 nitrogen and oxygen atoms in total. The van der Waals surface area contributed by atoms with Gasteiger partial charge in [0, 0.05) is 17.1 Å². The number of rotatable bonds is 5. The molecule has 1 heterocycles. The first kappa shape index (κ1) is 15.9. The molecule has 2 N–H and O–H groups in total. The number of benzene rings is 1. The third-order valence-electron chi connectivity index (χ3n) is 3.16. The van der Waals surface area contributed by atoms with Crippen LogP contribution in [0.15, 0.2) is 30.3 Å². The Morgan fingerprint density at radius 3 is 2.71 bits per heavy atom. The van der Waals surface area contributed by atoms with Gasteiger partial charge < -0.3 is 10.6 Å². The van der Waals surface area contributed by atoms with Gasteiger partial charge in [0.1, 0.15) is 0 Å². The number of aryl methyl sites for hydroxylation is 1. The molecule has 5 heteroatoms. The van der Waals surface area contributed by atoms with Gasteiger partial charge in [-0.1, -0.05) is 17.7 Å². The lowest BCUT2D eigenvalue weighted by molar-refractivity contribution is 0.0941. The second kappa shape index (κ2) is 6.96. The first-order valence-electron chi connectivity index (χ1n) is 6.92. The number of carbonyl (C=O) groups excluding carboxylic acids is 1. The lowest BCUT2D eigenvalue weighted by Gasteiger charge is -2.15. The van der Waals surface area contributed by atoms with E-state index in [4.69, 9.17) is 11.6 Å². The predicted molar refractivity (Wildman–Crippen MR) is 90.6 cm³/mol. The van der Waals surface area contributed by atoms with Crippen molar-refractivity contribution < 1.29 is 4.79 Å². The second-order valence-corrected chi connectivity index (χ2v) is 6.66. The minimum atomic E-state index is -0.0806. The molecule has 0 saturated carbocycles. The molecule has 21 heavy (non-hydrogen) atoms. The zero-order chi connectivity index (χ0) is 15.4. The molecule has 0 saturated heterocycles. The minimum Gasteiger partial charge on any atom is -0.385 e. The Labute approximate surface area is 134 Å². The Balaban J connectivity index is 2.16. The van der Waals surface area contributed by atoms with Crippen LogP contribution in [0.3, 0.4) is 0 Å². The van der Waals surface area contributed by atoms with Crippen LogP contribution >= 0.6 is 22.9 Å². The van der Waals surface area contributed by atoms with E-state index in [0.717, 1.165) is 27.0 Å². The van der Waals surface area contributed by atoms with Crippen LogP contribution < -0.4 is 10.6 Å². The molecule has 112 valence electrons. The van der Waals surface area contributed by atoms with E-state index in [1.807, 2.05) is 51.1 Å². The number of hydrogen-bond acceptors (Lipinski definition) is 3. The molecule has 1 unspecified atom stereocenters. The average molecular weight is 323 g/mol. The van der Waals surface area contributed by atoms with Gasteiger partial charge >= 0.3 is 0 Å². The quantitative estimate of drug-likeness (QED) is 0.842. The number of amides is 1. The Morgan fingerprint density at radius 1 is 1.33 bits per heavy atom. The number of hydrogen-bond donors (Lipinski definition) is 2. The van der Waals surface area contributed by atoms with Crippen molar-refractivity contribution in [2.24, 2.45) is 0 Å². The highest BCUT2D eigenvalue weighted by molar-refractivity contribution is 7.16. The summed E-state index contributed by atoms with van der Waals surface area (Å²) in [7, 11) is 0. The smallest absolute Gasteiger partial charge is 0.253 e. The molecule has 1 amide bonds. The van der Waals surface area contributed by atoms with Gasteiger partial charge in [-0.15, -0.1) is 11.3 Å². The zero-order valence-corrected chi connectivity index (χ0v) is 13.9. The first-order chi connectivity index (χ1) is 10.0.